The molecular formula is C5H13NU. The van der Waals surface area contributed by atoms with Gasteiger partial charge in [-0.25, -0.2) is 0 Å². The molecule has 0 rings (SSSR count). The predicted octanol–water partition coefficient (Wildman–Crippen LogP) is 2.29. The van der Waals surface area contributed by atoms with Crippen molar-refractivity contribution >= 4 is 0 Å². The van der Waals surface area contributed by atoms with Crippen LogP contribution in [-0.4, -0.2) is 6.54 Å². The van der Waals surface area contributed by atoms with Crippen LogP contribution in [0.2, 0.25) is 0 Å². The van der Waals surface area contributed by atoms with Gasteiger partial charge in [0.1, 0.15) is 0 Å². The molecule has 0 unspecified atom stereocenters. The van der Waals surface area contributed by atoms with Gasteiger partial charge in [0.25, 0.3) is 0 Å². The first kappa shape index (κ1) is 15.7. The van der Waals surface area contributed by atoms with Crippen LogP contribution >= 0.6 is 0 Å². The Bertz CT molecular complexity index is 10.0. The fourth-order valence-corrected chi connectivity index (χ4v) is 0. The van der Waals surface area contributed by atoms with Gasteiger partial charge in [0.15, 0.2) is 0 Å². The number of hydrogen-bond donors (Lipinski definition) is 0. The maximum absolute atomic E-state index is 6.45. The molecule has 0 amide bonds. The molecule has 0 aliphatic rings. The molecule has 0 atom stereocenters. The van der Waals surface area contributed by atoms with E-state index in [2.05, 4.69) is 6.92 Å². The monoisotopic (exact) mass is 325 g/mol. The second kappa shape index (κ2) is 27.9. The predicted molar refractivity (Wildman–Crippen MR) is 30.5 cm³/mol. The van der Waals surface area contributed by atoms with E-state index in [1.807, 2.05) is 6.92 Å². The van der Waals surface area contributed by atoms with Gasteiger partial charge < -0.3 is 12.7 Å². The van der Waals surface area contributed by atoms with Crippen LogP contribution < -0.4 is 0 Å². The Hall–Kier alpha value is 1.01. The Morgan fingerprint density at radius 1 is 1.43 bits per heavy atom. The molecule has 1 nitrogen and oxygen atoms in total. The van der Waals surface area contributed by atoms with Crippen molar-refractivity contribution in [2.24, 2.45) is 0 Å². The first-order chi connectivity index (χ1) is 2.91. The first-order valence-corrected chi connectivity index (χ1v) is 2.27. The summed E-state index contributed by atoms with van der Waals surface area (Å²) >= 11 is 0. The second-order valence-electron chi connectivity index (χ2n) is 0.750. The van der Waals surface area contributed by atoms with Crippen molar-refractivity contribution in [1.82, 2.24) is 0 Å². The van der Waals surface area contributed by atoms with Gasteiger partial charge in [-0.3, -0.25) is 0 Å². The second-order valence-corrected chi connectivity index (χ2v) is 0.750. The maximum Gasteiger partial charge on any atom is 2.00 e. The molecule has 0 aliphatic heterocycles. The number of nitrogens with one attached hydrogen (secondary N) is 1. The minimum atomic E-state index is 0. The van der Waals surface area contributed by atoms with Crippen molar-refractivity contribution in [2.75, 3.05) is 6.54 Å². The normalized spacial score (nSPS) is 5.14. The fraction of sp³-hybridized carbons (Fsp3) is 0.800. The molecule has 0 spiro atoms. The van der Waals surface area contributed by atoms with E-state index in [-0.39, 0.29) is 31.1 Å². The van der Waals surface area contributed by atoms with Gasteiger partial charge in [-0.1, -0.05) is 13.3 Å². The van der Waals surface area contributed by atoms with Crippen molar-refractivity contribution < 1.29 is 31.1 Å². The summed E-state index contributed by atoms with van der Waals surface area (Å²) in [4.78, 5) is 0. The smallest absolute Gasteiger partial charge is 0.677 e. The third-order valence-electron chi connectivity index (χ3n) is 0.250. The number of hydrogen-bond acceptors (Lipinski definition) is 0. The Kier molecular flexibility index (Phi) is 62.6. The Morgan fingerprint density at radius 3 is 1.57 bits per heavy atom. The Morgan fingerprint density at radius 2 is 1.57 bits per heavy atom. The van der Waals surface area contributed by atoms with Crippen LogP contribution in [0.4, 0.5) is 0 Å². The minimum absolute atomic E-state index is 0. The van der Waals surface area contributed by atoms with Crippen LogP contribution in [0, 0.1) is 38.0 Å². The van der Waals surface area contributed by atoms with E-state index in [1.165, 1.54) is 0 Å². The third-order valence-corrected chi connectivity index (χ3v) is 0.250. The number of rotatable bonds is 1. The topological polar surface area (TPSA) is 23.8 Å². The van der Waals surface area contributed by atoms with Gasteiger partial charge in [-0.05, 0) is 0 Å². The van der Waals surface area contributed by atoms with Crippen LogP contribution in [0.15, 0.2) is 0 Å². The molecule has 7 heavy (non-hydrogen) atoms. The van der Waals surface area contributed by atoms with Crippen molar-refractivity contribution in [3.05, 3.63) is 12.7 Å². The van der Waals surface area contributed by atoms with E-state index in [0.29, 0.717) is 6.54 Å². The van der Waals surface area contributed by atoms with Crippen molar-refractivity contribution in [3.63, 3.8) is 0 Å². The van der Waals surface area contributed by atoms with Gasteiger partial charge in [0.05, 0.1) is 0 Å². The van der Waals surface area contributed by atoms with Gasteiger partial charge >= 0.3 is 31.1 Å². The van der Waals surface area contributed by atoms with Crippen LogP contribution in [0.3, 0.4) is 0 Å². The molecule has 0 radical (unpaired) electrons. The van der Waals surface area contributed by atoms with Crippen molar-refractivity contribution in [2.45, 2.75) is 20.3 Å². The molecule has 2 heteroatoms. The molecule has 0 aliphatic carbocycles. The summed E-state index contributed by atoms with van der Waals surface area (Å²) < 4.78 is 0. The summed E-state index contributed by atoms with van der Waals surface area (Å²) in [6.45, 7) is 7.56. The largest absolute Gasteiger partial charge is 2.00 e. The summed E-state index contributed by atoms with van der Waals surface area (Å²) in [5.41, 5.74) is 6.45. The standard InChI is InChI=1S/C3H8N.C2H5.U/c1-2-3-4;1-2;/h4H,2-3H2,1H3;1H2,2H3;/q2*-1;+2. The van der Waals surface area contributed by atoms with Gasteiger partial charge in [0, 0.05) is 0 Å². The van der Waals surface area contributed by atoms with Gasteiger partial charge in [0.2, 0.25) is 0 Å². The van der Waals surface area contributed by atoms with Crippen LogP contribution in [0.5, 0.6) is 0 Å². The summed E-state index contributed by atoms with van der Waals surface area (Å²) in [7, 11) is 0. The summed E-state index contributed by atoms with van der Waals surface area (Å²) in [5, 5.41) is 0. The van der Waals surface area contributed by atoms with Crippen LogP contribution in [0.1, 0.15) is 20.3 Å². The Balaban J connectivity index is -0.0000000480. The molecule has 0 saturated heterocycles. The van der Waals surface area contributed by atoms with Crippen molar-refractivity contribution in [1.29, 1.82) is 0 Å². The molecule has 0 heterocycles. The molecular weight excluding hydrogens is 312 g/mol. The molecule has 0 bridgehead atoms. The average molecular weight is 325 g/mol. The van der Waals surface area contributed by atoms with Gasteiger partial charge in [-0.15, -0.1) is 0 Å². The zero-order chi connectivity index (χ0) is 5.41. The van der Waals surface area contributed by atoms with Crippen molar-refractivity contribution in [3.8, 4) is 0 Å². The van der Waals surface area contributed by atoms with E-state index in [9.17, 15) is 0 Å². The molecule has 0 fully saturated rings. The molecule has 0 saturated carbocycles. The zero-order valence-electron chi connectivity index (χ0n) is 5.12. The maximum atomic E-state index is 6.45. The summed E-state index contributed by atoms with van der Waals surface area (Å²) in [6, 6.07) is 0. The third kappa shape index (κ3) is 43.5. The fourth-order valence-electron chi connectivity index (χ4n) is 0. The molecule has 1 N–H and O–H groups in total. The first-order valence-electron chi connectivity index (χ1n) is 2.27. The van der Waals surface area contributed by atoms with E-state index in [4.69, 9.17) is 5.73 Å². The molecule has 42 valence electrons. The Labute approximate surface area is 70.4 Å². The molecule has 0 aromatic carbocycles. The SMILES string of the molecule is CCC[NH-].[CH2-]C.[U+2]. The quantitative estimate of drug-likeness (QED) is 0.661. The van der Waals surface area contributed by atoms with E-state index < -0.39 is 0 Å². The molecule has 0 aromatic heterocycles. The average Bonchev–Trinajstić information content (AvgIpc) is 1.72. The van der Waals surface area contributed by atoms with E-state index in [1.54, 1.807) is 6.92 Å². The summed E-state index contributed by atoms with van der Waals surface area (Å²) in [5.74, 6) is 0. The summed E-state index contributed by atoms with van der Waals surface area (Å²) in [6.07, 6.45) is 0.986. The minimum Gasteiger partial charge on any atom is -0.677 e. The molecule has 0 aromatic rings. The van der Waals surface area contributed by atoms with E-state index >= 15 is 0 Å². The van der Waals surface area contributed by atoms with E-state index in [0.717, 1.165) is 6.42 Å². The van der Waals surface area contributed by atoms with Gasteiger partial charge in [-0.2, -0.15) is 13.5 Å². The van der Waals surface area contributed by atoms with Crippen LogP contribution in [-0.2, 0) is 0 Å². The van der Waals surface area contributed by atoms with Crippen LogP contribution in [0.25, 0.3) is 5.73 Å². The zero-order valence-corrected chi connectivity index (χ0v) is 9.29.